The molecule has 1 aromatic rings. The van der Waals surface area contributed by atoms with Gasteiger partial charge in [0.2, 0.25) is 0 Å². The Balaban J connectivity index is 1.94. The Labute approximate surface area is 126 Å². The molecule has 0 bridgehead atoms. The van der Waals surface area contributed by atoms with Gasteiger partial charge in [-0.3, -0.25) is 4.79 Å². The van der Waals surface area contributed by atoms with Gasteiger partial charge in [0.05, 0.1) is 5.56 Å². The summed E-state index contributed by atoms with van der Waals surface area (Å²) >= 11 is 3.51. The summed E-state index contributed by atoms with van der Waals surface area (Å²) in [5.41, 5.74) is -0.0994. The molecule has 0 saturated heterocycles. The highest BCUT2D eigenvalue weighted by atomic mass is 79.9. The van der Waals surface area contributed by atoms with Gasteiger partial charge in [-0.15, -0.1) is 0 Å². The van der Waals surface area contributed by atoms with Crippen molar-refractivity contribution in [3.8, 4) is 0 Å². The Hall–Kier alpha value is -0.970. The molecule has 1 aliphatic carbocycles. The van der Waals surface area contributed by atoms with Crippen LogP contribution in [0.15, 0.2) is 18.2 Å². The third-order valence-electron chi connectivity index (χ3n) is 3.97. The first-order valence-corrected chi connectivity index (χ1v) is 8.03. The predicted octanol–water partition coefficient (Wildman–Crippen LogP) is 3.90. The van der Waals surface area contributed by atoms with E-state index in [-0.39, 0.29) is 5.56 Å². The van der Waals surface area contributed by atoms with Crippen molar-refractivity contribution in [2.24, 2.45) is 11.8 Å². The summed E-state index contributed by atoms with van der Waals surface area (Å²) in [6, 6.07) is 3.01. The van der Waals surface area contributed by atoms with E-state index in [4.69, 9.17) is 0 Å². The maximum Gasteiger partial charge on any atom is 0.254 e. The summed E-state index contributed by atoms with van der Waals surface area (Å²) in [6.07, 6.45) is 4.65. The van der Waals surface area contributed by atoms with Crippen molar-refractivity contribution in [3.05, 3.63) is 35.4 Å². The first kappa shape index (κ1) is 15.4. The van der Waals surface area contributed by atoms with Crippen LogP contribution in [0.1, 0.15) is 36.0 Å². The van der Waals surface area contributed by atoms with Crippen molar-refractivity contribution >= 4 is 21.8 Å². The van der Waals surface area contributed by atoms with E-state index < -0.39 is 17.5 Å². The largest absolute Gasteiger partial charge is 0.352 e. The van der Waals surface area contributed by atoms with Gasteiger partial charge < -0.3 is 5.32 Å². The van der Waals surface area contributed by atoms with Gasteiger partial charge in [-0.05, 0) is 36.8 Å². The van der Waals surface area contributed by atoms with E-state index in [1.54, 1.807) is 0 Å². The molecule has 0 radical (unpaired) electrons. The molecular formula is C15H18BrF2NO. The van der Waals surface area contributed by atoms with Gasteiger partial charge in [0.15, 0.2) is 0 Å². The average Bonchev–Trinajstić information content (AvgIpc) is 2.45. The highest BCUT2D eigenvalue weighted by molar-refractivity contribution is 9.09. The second kappa shape index (κ2) is 7.16. The molecule has 1 N–H and O–H groups in total. The van der Waals surface area contributed by atoms with Crippen LogP contribution in [-0.2, 0) is 0 Å². The van der Waals surface area contributed by atoms with Gasteiger partial charge in [0.1, 0.15) is 11.6 Å². The maximum atomic E-state index is 13.5. The summed E-state index contributed by atoms with van der Waals surface area (Å²) in [5.74, 6) is -0.979. The fourth-order valence-electron chi connectivity index (χ4n) is 2.75. The maximum absolute atomic E-state index is 13.5. The molecule has 1 saturated carbocycles. The number of carbonyl (C=O) groups is 1. The smallest absolute Gasteiger partial charge is 0.254 e. The third-order valence-corrected chi connectivity index (χ3v) is 4.80. The zero-order valence-corrected chi connectivity index (χ0v) is 12.8. The minimum atomic E-state index is -0.816. The molecule has 1 amide bonds. The SMILES string of the molecule is O=C(NCC1CCCCC1CBr)c1ccc(F)cc1F. The van der Waals surface area contributed by atoms with E-state index in [1.807, 2.05) is 0 Å². The highest BCUT2D eigenvalue weighted by Crippen LogP contribution is 2.30. The van der Waals surface area contributed by atoms with E-state index in [2.05, 4.69) is 21.2 Å². The molecule has 2 unspecified atom stereocenters. The summed E-state index contributed by atoms with van der Waals surface area (Å²) in [4.78, 5) is 11.9. The molecule has 1 aromatic carbocycles. The fraction of sp³-hybridized carbons (Fsp3) is 0.533. The van der Waals surface area contributed by atoms with E-state index in [9.17, 15) is 13.6 Å². The lowest BCUT2D eigenvalue weighted by molar-refractivity contribution is 0.0933. The Kier molecular flexibility index (Phi) is 5.52. The molecule has 2 atom stereocenters. The predicted molar refractivity (Wildman–Crippen MR) is 77.9 cm³/mol. The van der Waals surface area contributed by atoms with E-state index in [1.165, 1.54) is 18.9 Å². The lowest BCUT2D eigenvalue weighted by Gasteiger charge is -2.30. The van der Waals surface area contributed by atoms with Gasteiger partial charge >= 0.3 is 0 Å². The topological polar surface area (TPSA) is 29.1 Å². The second-order valence-corrected chi connectivity index (χ2v) is 5.94. The molecule has 20 heavy (non-hydrogen) atoms. The lowest BCUT2D eigenvalue weighted by Crippen LogP contribution is -2.35. The number of alkyl halides is 1. The summed E-state index contributed by atoms with van der Waals surface area (Å²) in [6.45, 7) is 0.548. The molecule has 2 nitrogen and oxygen atoms in total. The van der Waals surface area contributed by atoms with Gasteiger partial charge in [0.25, 0.3) is 5.91 Å². The number of rotatable bonds is 4. The van der Waals surface area contributed by atoms with Crippen molar-refractivity contribution in [2.75, 3.05) is 11.9 Å². The zero-order valence-electron chi connectivity index (χ0n) is 11.2. The molecule has 0 aliphatic heterocycles. The standard InChI is InChI=1S/C15H18BrF2NO/c16-8-10-3-1-2-4-11(10)9-19-15(20)13-6-5-12(17)7-14(13)18/h5-7,10-11H,1-4,8-9H2,(H,19,20). The number of nitrogens with one attached hydrogen (secondary N) is 1. The minimum absolute atomic E-state index is 0.0994. The quantitative estimate of drug-likeness (QED) is 0.824. The minimum Gasteiger partial charge on any atom is -0.352 e. The Morgan fingerprint density at radius 1 is 1.25 bits per heavy atom. The van der Waals surface area contributed by atoms with Crippen LogP contribution in [0.3, 0.4) is 0 Å². The molecule has 2 rings (SSSR count). The first-order valence-electron chi connectivity index (χ1n) is 6.91. The molecule has 0 heterocycles. The summed E-state index contributed by atoms with van der Waals surface area (Å²) < 4.78 is 26.3. The molecule has 1 fully saturated rings. The van der Waals surface area contributed by atoms with Crippen LogP contribution in [0.5, 0.6) is 0 Å². The van der Waals surface area contributed by atoms with Gasteiger partial charge in [-0.1, -0.05) is 28.8 Å². The number of amides is 1. The molecule has 0 spiro atoms. The van der Waals surface area contributed by atoms with Crippen LogP contribution in [0.2, 0.25) is 0 Å². The van der Waals surface area contributed by atoms with Crippen molar-refractivity contribution in [1.82, 2.24) is 5.32 Å². The Morgan fingerprint density at radius 3 is 2.60 bits per heavy atom. The van der Waals surface area contributed by atoms with Crippen molar-refractivity contribution in [2.45, 2.75) is 25.7 Å². The molecule has 5 heteroatoms. The summed E-state index contributed by atoms with van der Waals surface area (Å²) in [7, 11) is 0. The van der Waals surface area contributed by atoms with Crippen LogP contribution < -0.4 is 5.32 Å². The normalized spacial score (nSPS) is 22.6. The van der Waals surface area contributed by atoms with Gasteiger partial charge in [-0.25, -0.2) is 8.78 Å². The zero-order chi connectivity index (χ0) is 14.5. The van der Waals surface area contributed by atoms with Crippen LogP contribution in [-0.4, -0.2) is 17.8 Å². The van der Waals surface area contributed by atoms with Crippen LogP contribution in [0.4, 0.5) is 8.78 Å². The van der Waals surface area contributed by atoms with Crippen LogP contribution >= 0.6 is 15.9 Å². The van der Waals surface area contributed by atoms with Gasteiger partial charge in [0, 0.05) is 17.9 Å². The van der Waals surface area contributed by atoms with Gasteiger partial charge in [-0.2, -0.15) is 0 Å². The Morgan fingerprint density at radius 2 is 1.95 bits per heavy atom. The molecule has 110 valence electrons. The van der Waals surface area contributed by atoms with Crippen molar-refractivity contribution in [1.29, 1.82) is 0 Å². The molecular weight excluding hydrogens is 328 g/mol. The molecule has 0 aromatic heterocycles. The number of benzene rings is 1. The van der Waals surface area contributed by atoms with Crippen LogP contribution in [0.25, 0.3) is 0 Å². The Bertz CT molecular complexity index is 481. The average molecular weight is 346 g/mol. The second-order valence-electron chi connectivity index (χ2n) is 5.29. The third kappa shape index (κ3) is 3.78. The van der Waals surface area contributed by atoms with E-state index in [0.29, 0.717) is 18.4 Å². The van der Waals surface area contributed by atoms with Crippen molar-refractivity contribution < 1.29 is 13.6 Å². The number of hydrogen-bond acceptors (Lipinski definition) is 1. The van der Waals surface area contributed by atoms with Crippen LogP contribution in [0, 0.1) is 23.5 Å². The lowest BCUT2D eigenvalue weighted by atomic mass is 9.80. The van der Waals surface area contributed by atoms with Crippen molar-refractivity contribution in [3.63, 3.8) is 0 Å². The number of halogens is 3. The highest BCUT2D eigenvalue weighted by Gasteiger charge is 2.25. The molecule has 1 aliphatic rings. The van der Waals surface area contributed by atoms with E-state index in [0.717, 1.165) is 30.3 Å². The number of hydrogen-bond donors (Lipinski definition) is 1. The first-order chi connectivity index (χ1) is 9.61. The monoisotopic (exact) mass is 345 g/mol. The van der Waals surface area contributed by atoms with E-state index >= 15 is 0 Å². The number of carbonyl (C=O) groups excluding carboxylic acids is 1. The fourth-order valence-corrected chi connectivity index (χ4v) is 3.60. The summed E-state index contributed by atoms with van der Waals surface area (Å²) in [5, 5.41) is 3.70.